The van der Waals surface area contributed by atoms with Crippen LogP contribution in [-0.2, 0) is 16.0 Å². The number of amides is 2. The van der Waals surface area contributed by atoms with E-state index in [1.165, 1.54) is 29.2 Å². The number of rotatable bonds is 7. The number of hydrogen-bond acceptors (Lipinski definition) is 4. The number of pyridine rings is 1. The zero-order valence-electron chi connectivity index (χ0n) is 15.5. The summed E-state index contributed by atoms with van der Waals surface area (Å²) in [5.74, 6) is -0.883. The third kappa shape index (κ3) is 4.33. The molecule has 1 aliphatic heterocycles. The number of hydrogen-bond donors (Lipinski definition) is 1. The van der Waals surface area contributed by atoms with Crippen molar-refractivity contribution in [2.75, 3.05) is 18.0 Å². The molecular formula is C20H21FN4O2S. The van der Waals surface area contributed by atoms with Crippen LogP contribution in [0, 0.1) is 5.82 Å². The SMILES string of the molecule is CCNC(=O)CC1C(=O)N(c2ccc(F)cc2)C(=S)N1CCc1ccncc1. The van der Waals surface area contributed by atoms with Gasteiger partial charge < -0.3 is 10.2 Å². The van der Waals surface area contributed by atoms with Crippen LogP contribution < -0.4 is 10.2 Å². The van der Waals surface area contributed by atoms with Crippen LogP contribution in [0.3, 0.4) is 0 Å². The number of thiocarbonyl (C=S) groups is 1. The number of nitrogens with zero attached hydrogens (tertiary/aromatic N) is 3. The summed E-state index contributed by atoms with van der Waals surface area (Å²) in [6.45, 7) is 2.80. The predicted octanol–water partition coefficient (Wildman–Crippen LogP) is 2.29. The molecule has 0 saturated carbocycles. The molecule has 28 heavy (non-hydrogen) atoms. The second kappa shape index (κ2) is 8.88. The number of halogens is 1. The van der Waals surface area contributed by atoms with E-state index in [9.17, 15) is 14.0 Å². The summed E-state index contributed by atoms with van der Waals surface area (Å²) < 4.78 is 13.3. The fourth-order valence-electron chi connectivity index (χ4n) is 3.16. The Kier molecular flexibility index (Phi) is 6.30. The van der Waals surface area contributed by atoms with Crippen molar-refractivity contribution in [3.05, 3.63) is 60.2 Å². The van der Waals surface area contributed by atoms with Gasteiger partial charge in [-0.15, -0.1) is 0 Å². The van der Waals surface area contributed by atoms with Crippen LogP contribution in [0.2, 0.25) is 0 Å². The van der Waals surface area contributed by atoms with Crippen LogP contribution in [0.1, 0.15) is 18.9 Å². The van der Waals surface area contributed by atoms with Crippen molar-refractivity contribution in [2.24, 2.45) is 0 Å². The van der Waals surface area contributed by atoms with Crippen molar-refractivity contribution in [3.8, 4) is 0 Å². The van der Waals surface area contributed by atoms with Gasteiger partial charge in [-0.25, -0.2) is 4.39 Å². The second-order valence-corrected chi connectivity index (χ2v) is 6.77. The van der Waals surface area contributed by atoms with Gasteiger partial charge in [-0.1, -0.05) is 0 Å². The Morgan fingerprint density at radius 1 is 1.21 bits per heavy atom. The summed E-state index contributed by atoms with van der Waals surface area (Å²) in [5, 5.41) is 3.05. The Hall–Kier alpha value is -2.87. The maximum absolute atomic E-state index is 13.3. The van der Waals surface area contributed by atoms with Crippen LogP contribution in [-0.4, -0.2) is 45.9 Å². The largest absolute Gasteiger partial charge is 0.356 e. The molecular weight excluding hydrogens is 379 g/mol. The predicted molar refractivity (Wildman–Crippen MR) is 108 cm³/mol. The second-order valence-electron chi connectivity index (χ2n) is 6.40. The van der Waals surface area contributed by atoms with Gasteiger partial charge in [0.05, 0.1) is 12.1 Å². The Labute approximate surface area is 168 Å². The fraction of sp³-hybridized carbons (Fsp3) is 0.300. The van der Waals surface area contributed by atoms with Crippen molar-refractivity contribution in [1.29, 1.82) is 0 Å². The number of carbonyl (C=O) groups is 2. The lowest BCUT2D eigenvalue weighted by Crippen LogP contribution is -2.40. The summed E-state index contributed by atoms with van der Waals surface area (Å²) in [5.41, 5.74) is 1.55. The van der Waals surface area contributed by atoms with Gasteiger partial charge in [-0.05, 0) is 67.5 Å². The van der Waals surface area contributed by atoms with E-state index < -0.39 is 11.9 Å². The van der Waals surface area contributed by atoms with Gasteiger partial charge in [0, 0.05) is 25.5 Å². The molecule has 1 atom stereocenters. The number of aromatic nitrogens is 1. The van der Waals surface area contributed by atoms with Crippen LogP contribution >= 0.6 is 12.2 Å². The first kappa shape index (κ1) is 19.9. The molecule has 6 nitrogen and oxygen atoms in total. The molecule has 1 aliphatic rings. The van der Waals surface area contributed by atoms with Gasteiger partial charge >= 0.3 is 0 Å². The topological polar surface area (TPSA) is 65.5 Å². The lowest BCUT2D eigenvalue weighted by Gasteiger charge is -2.23. The summed E-state index contributed by atoms with van der Waals surface area (Å²) >= 11 is 5.56. The van der Waals surface area contributed by atoms with E-state index in [0.717, 1.165) is 5.56 Å². The Morgan fingerprint density at radius 2 is 1.89 bits per heavy atom. The van der Waals surface area contributed by atoms with Crippen molar-refractivity contribution < 1.29 is 14.0 Å². The van der Waals surface area contributed by atoms with Gasteiger partial charge in [0.2, 0.25) is 5.91 Å². The van der Waals surface area contributed by atoms with E-state index in [2.05, 4.69) is 10.3 Å². The molecule has 1 fully saturated rings. The molecule has 1 N–H and O–H groups in total. The van der Waals surface area contributed by atoms with E-state index >= 15 is 0 Å². The van der Waals surface area contributed by atoms with Crippen molar-refractivity contribution in [1.82, 2.24) is 15.2 Å². The van der Waals surface area contributed by atoms with Crippen LogP contribution in [0.5, 0.6) is 0 Å². The van der Waals surface area contributed by atoms with Gasteiger partial charge in [-0.2, -0.15) is 0 Å². The molecule has 0 spiro atoms. The standard InChI is InChI=1S/C20H21FN4O2S/c1-2-23-18(26)13-17-19(27)25(16-5-3-15(21)4-6-16)20(28)24(17)12-9-14-7-10-22-11-8-14/h3-8,10-11,17H,2,9,12-13H2,1H3,(H,23,26). The minimum absolute atomic E-state index is 0.0147. The highest BCUT2D eigenvalue weighted by Gasteiger charge is 2.43. The number of benzene rings is 1. The summed E-state index contributed by atoms with van der Waals surface area (Å²) in [4.78, 5) is 32.4. The van der Waals surface area contributed by atoms with Crippen molar-refractivity contribution >= 4 is 34.8 Å². The first-order valence-electron chi connectivity index (χ1n) is 9.07. The Balaban J connectivity index is 1.84. The molecule has 146 valence electrons. The third-order valence-electron chi connectivity index (χ3n) is 4.55. The average molecular weight is 400 g/mol. The maximum atomic E-state index is 13.3. The highest BCUT2D eigenvalue weighted by atomic mass is 32.1. The van der Waals surface area contributed by atoms with Crippen LogP contribution in [0.4, 0.5) is 10.1 Å². The monoisotopic (exact) mass is 400 g/mol. The molecule has 1 unspecified atom stereocenters. The molecule has 2 amide bonds. The van der Waals surface area contributed by atoms with E-state index in [1.807, 2.05) is 19.1 Å². The van der Waals surface area contributed by atoms with Gasteiger partial charge in [0.15, 0.2) is 5.11 Å². The van der Waals surface area contributed by atoms with Crippen molar-refractivity contribution in [2.45, 2.75) is 25.8 Å². The fourth-order valence-corrected chi connectivity index (χ4v) is 3.57. The molecule has 0 aliphatic carbocycles. The number of anilines is 1. The molecule has 3 rings (SSSR count). The Morgan fingerprint density at radius 3 is 2.54 bits per heavy atom. The molecule has 0 bridgehead atoms. The van der Waals surface area contributed by atoms with Gasteiger partial charge in [0.1, 0.15) is 11.9 Å². The van der Waals surface area contributed by atoms with E-state index in [-0.39, 0.29) is 18.2 Å². The first-order chi connectivity index (χ1) is 13.5. The third-order valence-corrected chi connectivity index (χ3v) is 4.96. The van der Waals surface area contributed by atoms with Gasteiger partial charge in [0.25, 0.3) is 5.91 Å². The Bertz CT molecular complexity index is 860. The normalized spacial score (nSPS) is 16.6. The maximum Gasteiger partial charge on any atom is 0.256 e. The number of carbonyl (C=O) groups excluding carboxylic acids is 2. The molecule has 0 radical (unpaired) electrons. The lowest BCUT2D eigenvalue weighted by atomic mass is 10.1. The molecule has 2 aromatic rings. The summed E-state index contributed by atoms with van der Waals surface area (Å²) in [6, 6.07) is 8.69. The first-order valence-corrected chi connectivity index (χ1v) is 9.47. The quantitative estimate of drug-likeness (QED) is 0.723. The lowest BCUT2D eigenvalue weighted by molar-refractivity contribution is -0.127. The smallest absolute Gasteiger partial charge is 0.256 e. The summed E-state index contributed by atoms with van der Waals surface area (Å²) in [6.07, 6.45) is 4.08. The number of nitrogens with one attached hydrogen (secondary N) is 1. The van der Waals surface area contributed by atoms with Crippen LogP contribution in [0.25, 0.3) is 0 Å². The molecule has 8 heteroatoms. The molecule has 1 aromatic carbocycles. The molecule has 1 aromatic heterocycles. The molecule has 1 saturated heterocycles. The van der Waals surface area contributed by atoms with Gasteiger partial charge in [-0.3, -0.25) is 19.5 Å². The zero-order valence-corrected chi connectivity index (χ0v) is 16.3. The summed E-state index contributed by atoms with van der Waals surface area (Å²) in [7, 11) is 0. The van der Waals surface area contributed by atoms with E-state index in [0.29, 0.717) is 30.3 Å². The van der Waals surface area contributed by atoms with Crippen LogP contribution in [0.15, 0.2) is 48.8 Å². The van der Waals surface area contributed by atoms with E-state index in [4.69, 9.17) is 12.2 Å². The molecule has 2 heterocycles. The van der Waals surface area contributed by atoms with E-state index in [1.54, 1.807) is 17.3 Å². The van der Waals surface area contributed by atoms with Crippen molar-refractivity contribution in [3.63, 3.8) is 0 Å². The average Bonchev–Trinajstić information content (AvgIpc) is 2.92. The highest BCUT2D eigenvalue weighted by molar-refractivity contribution is 7.80. The minimum atomic E-state index is -0.689. The zero-order chi connectivity index (χ0) is 20.1. The highest BCUT2D eigenvalue weighted by Crippen LogP contribution is 2.27. The minimum Gasteiger partial charge on any atom is -0.356 e.